The molecule has 1 unspecified atom stereocenters. The number of hydrogen-bond acceptors (Lipinski definition) is 5. The lowest BCUT2D eigenvalue weighted by Crippen LogP contribution is -2.72. The molecule has 1 aromatic carbocycles. The van der Waals surface area contributed by atoms with Gasteiger partial charge in [0.15, 0.2) is 0 Å². The fourth-order valence-electron chi connectivity index (χ4n) is 5.65. The predicted molar refractivity (Wildman–Crippen MR) is 114 cm³/mol. The molecule has 1 N–H and O–H groups in total. The Balaban J connectivity index is 1.11. The third-order valence-electron chi connectivity index (χ3n) is 7.60. The summed E-state index contributed by atoms with van der Waals surface area (Å²) in [6.45, 7) is 4.68. The number of likely N-dealkylation sites (tertiary alicyclic amines) is 2. The van der Waals surface area contributed by atoms with Crippen molar-refractivity contribution in [2.45, 2.75) is 55.6 Å². The van der Waals surface area contributed by atoms with Crippen LogP contribution in [0.2, 0.25) is 0 Å². The zero-order valence-corrected chi connectivity index (χ0v) is 17.6. The number of rotatable bonds is 6. The zero-order valence-electron chi connectivity index (χ0n) is 17.6. The molecule has 0 bridgehead atoms. The summed E-state index contributed by atoms with van der Waals surface area (Å²) in [4.78, 5) is 17.1. The van der Waals surface area contributed by atoms with Crippen LogP contribution >= 0.6 is 0 Å². The van der Waals surface area contributed by atoms with Gasteiger partial charge in [0, 0.05) is 50.8 Å². The molecule has 5 rings (SSSR count). The van der Waals surface area contributed by atoms with E-state index in [-0.39, 0.29) is 17.4 Å². The summed E-state index contributed by atoms with van der Waals surface area (Å²) in [5.41, 5.74) is 1.31. The van der Waals surface area contributed by atoms with Crippen molar-refractivity contribution < 1.29 is 9.53 Å². The number of nitrogens with one attached hydrogen (secondary N) is 1. The van der Waals surface area contributed by atoms with Crippen LogP contribution in [-0.2, 0) is 9.53 Å². The van der Waals surface area contributed by atoms with Crippen LogP contribution in [0.4, 0.5) is 0 Å². The minimum Gasteiger partial charge on any atom is -0.381 e. The largest absolute Gasteiger partial charge is 0.381 e. The molecule has 3 aliphatic heterocycles. The number of amides is 1. The number of carbonyl (C=O) groups excluding carboxylic acids is 1. The molecule has 0 spiro atoms. The Morgan fingerprint density at radius 1 is 1.20 bits per heavy atom. The topological polar surface area (TPSA) is 68.6 Å². The van der Waals surface area contributed by atoms with E-state index >= 15 is 0 Å². The Bertz CT molecular complexity index is 787. The maximum absolute atomic E-state index is 12.7. The van der Waals surface area contributed by atoms with E-state index in [1.807, 2.05) is 4.90 Å². The number of nitriles is 1. The molecule has 3 heterocycles. The maximum atomic E-state index is 12.7. The van der Waals surface area contributed by atoms with E-state index in [1.54, 1.807) is 0 Å². The van der Waals surface area contributed by atoms with Gasteiger partial charge in [-0.1, -0.05) is 30.3 Å². The number of ether oxygens (including phenoxy) is 1. The van der Waals surface area contributed by atoms with E-state index in [0.717, 1.165) is 32.4 Å². The predicted octanol–water partition coefficient (Wildman–Crippen LogP) is 2.13. The average molecular weight is 409 g/mol. The first-order valence-corrected chi connectivity index (χ1v) is 11.5. The average Bonchev–Trinajstić information content (AvgIpc) is 3.29. The van der Waals surface area contributed by atoms with Crippen molar-refractivity contribution in [2.75, 3.05) is 39.4 Å². The van der Waals surface area contributed by atoms with E-state index in [9.17, 15) is 10.1 Å². The molecule has 4 aliphatic rings. The summed E-state index contributed by atoms with van der Waals surface area (Å²) in [7, 11) is 0. The third kappa shape index (κ3) is 3.87. The first-order chi connectivity index (χ1) is 14.7. The number of benzene rings is 1. The molecular formula is C24H32N4O2. The quantitative estimate of drug-likeness (QED) is 0.781. The van der Waals surface area contributed by atoms with E-state index in [4.69, 9.17) is 4.74 Å². The molecule has 6 nitrogen and oxygen atoms in total. The molecule has 1 saturated carbocycles. The monoisotopic (exact) mass is 408 g/mol. The number of carbonyl (C=O) groups is 1. The normalized spacial score (nSPS) is 31.2. The molecule has 1 aliphatic carbocycles. The Morgan fingerprint density at radius 3 is 2.63 bits per heavy atom. The Hall–Kier alpha value is -1.94. The molecule has 1 amide bonds. The van der Waals surface area contributed by atoms with Gasteiger partial charge >= 0.3 is 0 Å². The van der Waals surface area contributed by atoms with Crippen molar-refractivity contribution in [1.29, 1.82) is 5.26 Å². The van der Waals surface area contributed by atoms with Gasteiger partial charge in [0.1, 0.15) is 0 Å². The molecule has 0 aromatic heterocycles. The second-order valence-corrected chi connectivity index (χ2v) is 9.60. The van der Waals surface area contributed by atoms with Crippen molar-refractivity contribution in [1.82, 2.24) is 15.1 Å². The molecule has 4 fully saturated rings. The van der Waals surface area contributed by atoms with Gasteiger partial charge in [-0.2, -0.15) is 5.26 Å². The van der Waals surface area contributed by atoms with Crippen LogP contribution in [0.5, 0.6) is 0 Å². The SMILES string of the molecule is N#CCC1(N2CCC(N[C@@H]3CC3c3ccccc3)CC2)CN(C(=O)[C@@H]2CCOC2)C1. The summed E-state index contributed by atoms with van der Waals surface area (Å²) in [5.74, 6) is 0.911. The third-order valence-corrected chi connectivity index (χ3v) is 7.60. The molecule has 3 saturated heterocycles. The standard InChI is InChI=1S/C24H32N4O2/c25-10-9-24(16-27(17-24)23(29)19-8-13-30-15-19)28-11-6-20(7-12-28)26-22-14-21(22)18-4-2-1-3-5-18/h1-5,19-22,26H,6-9,11-17H2/t19-,21?,22-/m1/s1. The minimum atomic E-state index is -0.138. The first-order valence-electron chi connectivity index (χ1n) is 11.5. The highest BCUT2D eigenvalue weighted by Crippen LogP contribution is 2.42. The van der Waals surface area contributed by atoms with Crippen LogP contribution in [0, 0.1) is 17.2 Å². The van der Waals surface area contributed by atoms with Crippen LogP contribution in [0.25, 0.3) is 0 Å². The van der Waals surface area contributed by atoms with Crippen LogP contribution in [0.1, 0.15) is 43.6 Å². The van der Waals surface area contributed by atoms with Gasteiger partial charge < -0.3 is 15.0 Å². The lowest BCUT2D eigenvalue weighted by Gasteiger charge is -2.57. The maximum Gasteiger partial charge on any atom is 0.228 e. The molecule has 160 valence electrons. The number of hydrogen-bond donors (Lipinski definition) is 1. The molecule has 0 radical (unpaired) electrons. The van der Waals surface area contributed by atoms with Crippen molar-refractivity contribution in [3.63, 3.8) is 0 Å². The van der Waals surface area contributed by atoms with Crippen molar-refractivity contribution >= 4 is 5.91 Å². The molecular weight excluding hydrogens is 376 g/mol. The lowest BCUT2D eigenvalue weighted by atomic mass is 9.82. The van der Waals surface area contributed by atoms with Gasteiger partial charge in [0.2, 0.25) is 5.91 Å². The number of piperidine rings is 1. The first kappa shape index (κ1) is 20.0. The summed E-state index contributed by atoms with van der Waals surface area (Å²) in [6, 6.07) is 14.4. The highest BCUT2D eigenvalue weighted by atomic mass is 16.5. The van der Waals surface area contributed by atoms with Gasteiger partial charge in [-0.15, -0.1) is 0 Å². The highest BCUT2D eigenvalue weighted by molar-refractivity contribution is 5.80. The van der Waals surface area contributed by atoms with Gasteiger partial charge in [-0.3, -0.25) is 9.69 Å². The van der Waals surface area contributed by atoms with E-state index in [2.05, 4.69) is 46.6 Å². The smallest absolute Gasteiger partial charge is 0.228 e. The summed E-state index contributed by atoms with van der Waals surface area (Å²) < 4.78 is 5.38. The lowest BCUT2D eigenvalue weighted by molar-refractivity contribution is -0.151. The molecule has 6 heteroatoms. The van der Waals surface area contributed by atoms with E-state index in [1.165, 1.54) is 12.0 Å². The Labute approximate surface area is 179 Å². The van der Waals surface area contributed by atoms with Gasteiger partial charge in [0.05, 0.1) is 30.6 Å². The van der Waals surface area contributed by atoms with Crippen LogP contribution in [-0.4, -0.2) is 72.7 Å². The Morgan fingerprint density at radius 2 is 1.97 bits per heavy atom. The zero-order chi connectivity index (χ0) is 20.6. The van der Waals surface area contributed by atoms with Crippen LogP contribution in [0.3, 0.4) is 0 Å². The summed E-state index contributed by atoms with van der Waals surface area (Å²) in [6.07, 6.45) is 4.83. The molecule has 30 heavy (non-hydrogen) atoms. The van der Waals surface area contributed by atoms with E-state index in [0.29, 0.717) is 50.7 Å². The second kappa shape index (κ2) is 8.30. The second-order valence-electron chi connectivity index (χ2n) is 9.60. The van der Waals surface area contributed by atoms with Crippen molar-refractivity contribution in [2.24, 2.45) is 5.92 Å². The highest BCUT2D eigenvalue weighted by Gasteiger charge is 2.51. The minimum absolute atomic E-state index is 0.0242. The molecule has 1 aromatic rings. The van der Waals surface area contributed by atoms with Crippen LogP contribution < -0.4 is 5.32 Å². The van der Waals surface area contributed by atoms with Crippen molar-refractivity contribution in [3.05, 3.63) is 35.9 Å². The fourth-order valence-corrected chi connectivity index (χ4v) is 5.65. The van der Waals surface area contributed by atoms with Gasteiger partial charge in [0.25, 0.3) is 0 Å². The van der Waals surface area contributed by atoms with E-state index < -0.39 is 0 Å². The van der Waals surface area contributed by atoms with Crippen LogP contribution in [0.15, 0.2) is 30.3 Å². The number of nitrogens with zero attached hydrogens (tertiary/aromatic N) is 3. The summed E-state index contributed by atoms with van der Waals surface area (Å²) >= 11 is 0. The summed E-state index contributed by atoms with van der Waals surface area (Å²) in [5, 5.41) is 13.3. The van der Waals surface area contributed by atoms with Gasteiger partial charge in [-0.05, 0) is 31.2 Å². The van der Waals surface area contributed by atoms with Gasteiger partial charge in [-0.25, -0.2) is 0 Å². The van der Waals surface area contributed by atoms with Crippen molar-refractivity contribution in [3.8, 4) is 6.07 Å². The molecule has 3 atom stereocenters. The fraction of sp³-hybridized carbons (Fsp3) is 0.667. The Kier molecular flexibility index (Phi) is 5.53.